The van der Waals surface area contributed by atoms with E-state index in [0.717, 1.165) is 6.29 Å². The van der Waals surface area contributed by atoms with E-state index < -0.39 is 0 Å². The first-order chi connectivity index (χ1) is 7.99. The molecular weight excluding hydrogens is 232 g/mol. The van der Waals surface area contributed by atoms with Crippen LogP contribution in [0.25, 0.3) is 0 Å². The molecule has 0 aliphatic heterocycles. The fourth-order valence-corrected chi connectivity index (χ4v) is 0.614. The van der Waals surface area contributed by atoms with Crippen molar-refractivity contribution < 1.29 is 28.8 Å². The number of nitrogens with zero attached hydrogens (tertiary/aromatic N) is 1. The van der Waals surface area contributed by atoms with Gasteiger partial charge in [-0.15, -0.1) is 0 Å². The molecule has 17 heavy (non-hydrogen) atoms. The molecule has 1 N–H and O–H groups in total. The third-order valence-corrected chi connectivity index (χ3v) is 1.04. The molecule has 0 heterocycles. The van der Waals surface area contributed by atoms with Gasteiger partial charge in [0, 0.05) is 13.0 Å². The predicted octanol–water partition coefficient (Wildman–Crippen LogP) is -1.91. The first-order valence-corrected chi connectivity index (χ1v) is 4.33. The molecule has 0 fully saturated rings. The van der Waals surface area contributed by atoms with Crippen LogP contribution >= 0.6 is 0 Å². The minimum absolute atomic E-state index is 0.0446. The number of carbonyl (C=O) groups is 2. The molecule has 8 nitrogen and oxygen atoms in total. The van der Waals surface area contributed by atoms with Crippen LogP contribution in [0.2, 0.25) is 0 Å². The van der Waals surface area contributed by atoms with Gasteiger partial charge in [-0.05, 0) is 14.1 Å². The predicted molar refractivity (Wildman–Crippen MR) is 52.3 cm³/mol. The van der Waals surface area contributed by atoms with Gasteiger partial charge in [-0.1, -0.05) is 0 Å². The second-order valence-corrected chi connectivity index (χ2v) is 2.71. The zero-order chi connectivity index (χ0) is 14.1. The van der Waals surface area contributed by atoms with Crippen molar-refractivity contribution in [3.05, 3.63) is 0 Å². The maximum Gasteiger partial charge on any atom is 0.373 e. The highest BCUT2D eigenvalue weighted by atomic mass is 16.2. The van der Waals surface area contributed by atoms with E-state index in [9.17, 15) is 9.59 Å². The van der Waals surface area contributed by atoms with Crippen molar-refractivity contribution in [3.8, 4) is 0 Å². The van der Waals surface area contributed by atoms with Gasteiger partial charge in [0.05, 0.1) is 6.54 Å². The molecule has 0 aromatic carbocycles. The lowest BCUT2D eigenvalue weighted by molar-refractivity contribution is -0.193. The van der Waals surface area contributed by atoms with Gasteiger partial charge in [-0.3, -0.25) is 4.79 Å². The quantitative estimate of drug-likeness (QED) is 0.444. The Morgan fingerprint density at radius 1 is 1.18 bits per heavy atom. The lowest BCUT2D eigenvalue weighted by Gasteiger charge is -2.08. The fraction of sp³-hybridized carbons (Fsp3) is 0.556. The Morgan fingerprint density at radius 2 is 1.59 bits per heavy atom. The average Bonchev–Trinajstić information content (AvgIpc) is 2.19. The smallest absolute Gasteiger partial charge is 0.355 e. The highest BCUT2D eigenvalue weighted by Crippen LogP contribution is 1.74. The molecule has 0 rings (SSSR count). The van der Waals surface area contributed by atoms with E-state index in [1.807, 2.05) is 14.1 Å². The summed E-state index contributed by atoms with van der Waals surface area (Å²) in [5, 5.41) is 2.60. The standard InChI is InChI=1S/C7H14N2O2.2CO2/c1-9(2)6-7(11)8-4-3-5-10;2*2-1-3/h5H,3-4,6H2,1-2H3,(H,8,11);;. The highest BCUT2D eigenvalue weighted by Gasteiger charge is 1.99. The van der Waals surface area contributed by atoms with E-state index in [1.54, 1.807) is 4.90 Å². The van der Waals surface area contributed by atoms with Crippen LogP contribution in [0.5, 0.6) is 0 Å². The van der Waals surface area contributed by atoms with Crippen molar-refractivity contribution in [2.75, 3.05) is 27.2 Å². The molecule has 0 aliphatic rings. The summed E-state index contributed by atoms with van der Waals surface area (Å²) in [6.45, 7) is 0.815. The summed E-state index contributed by atoms with van der Waals surface area (Å²) in [7, 11) is 3.64. The first-order valence-electron chi connectivity index (χ1n) is 4.33. The van der Waals surface area contributed by atoms with Gasteiger partial charge in [0.15, 0.2) is 0 Å². The molecule has 0 aliphatic carbocycles. The largest absolute Gasteiger partial charge is 0.373 e. The second-order valence-electron chi connectivity index (χ2n) is 2.71. The summed E-state index contributed by atoms with van der Waals surface area (Å²) in [5.41, 5.74) is 0. The van der Waals surface area contributed by atoms with E-state index in [4.69, 9.17) is 19.2 Å². The lowest BCUT2D eigenvalue weighted by Crippen LogP contribution is -2.33. The molecule has 0 spiro atoms. The van der Waals surface area contributed by atoms with Crippen LogP contribution in [0.15, 0.2) is 0 Å². The van der Waals surface area contributed by atoms with Gasteiger partial charge in [0.2, 0.25) is 5.91 Å². The molecule has 0 unspecified atom stereocenters. The van der Waals surface area contributed by atoms with Crippen molar-refractivity contribution in [1.82, 2.24) is 10.2 Å². The molecule has 96 valence electrons. The van der Waals surface area contributed by atoms with E-state index in [-0.39, 0.29) is 18.2 Å². The van der Waals surface area contributed by atoms with Gasteiger partial charge in [-0.25, -0.2) is 0 Å². The molecule has 0 radical (unpaired) electrons. The Hall–Kier alpha value is -2.14. The van der Waals surface area contributed by atoms with Crippen LogP contribution in [-0.4, -0.2) is 56.6 Å². The lowest BCUT2D eigenvalue weighted by atomic mass is 10.4. The number of amides is 1. The molecule has 1 amide bonds. The maximum absolute atomic E-state index is 10.9. The summed E-state index contributed by atoms with van der Waals surface area (Å²) < 4.78 is 0. The fourth-order valence-electron chi connectivity index (χ4n) is 0.614. The van der Waals surface area contributed by atoms with Crippen LogP contribution in [0.1, 0.15) is 6.42 Å². The monoisotopic (exact) mass is 246 g/mol. The van der Waals surface area contributed by atoms with Crippen molar-refractivity contribution >= 4 is 24.5 Å². The molecule has 0 bridgehead atoms. The molecular formula is C9H14N2O6. The van der Waals surface area contributed by atoms with Crippen molar-refractivity contribution in [3.63, 3.8) is 0 Å². The van der Waals surface area contributed by atoms with Crippen molar-refractivity contribution in [2.45, 2.75) is 6.42 Å². The minimum Gasteiger partial charge on any atom is -0.355 e. The molecule has 0 saturated heterocycles. The number of nitrogens with one attached hydrogen (secondary N) is 1. The van der Waals surface area contributed by atoms with Gasteiger partial charge in [0.1, 0.15) is 6.29 Å². The number of carbonyl (C=O) groups excluding carboxylic acids is 6. The van der Waals surface area contributed by atoms with Crippen LogP contribution in [0.3, 0.4) is 0 Å². The van der Waals surface area contributed by atoms with Gasteiger partial charge >= 0.3 is 12.3 Å². The second kappa shape index (κ2) is 19.4. The van der Waals surface area contributed by atoms with E-state index in [0.29, 0.717) is 19.5 Å². The highest BCUT2D eigenvalue weighted by molar-refractivity contribution is 5.78. The normalized spacial score (nSPS) is 7.24. The van der Waals surface area contributed by atoms with E-state index in [2.05, 4.69) is 5.32 Å². The molecule has 8 heteroatoms. The van der Waals surface area contributed by atoms with E-state index in [1.165, 1.54) is 0 Å². The third kappa shape index (κ3) is 41.4. The average molecular weight is 246 g/mol. The zero-order valence-electron chi connectivity index (χ0n) is 9.60. The van der Waals surface area contributed by atoms with Crippen LogP contribution in [-0.2, 0) is 28.8 Å². The number of hydrogen-bond donors (Lipinski definition) is 1. The number of rotatable bonds is 5. The Kier molecular flexibility index (Phi) is 23.2. The molecule has 0 atom stereocenters. The minimum atomic E-state index is -0.0446. The van der Waals surface area contributed by atoms with Crippen LogP contribution in [0, 0.1) is 0 Å². The Labute approximate surface area is 97.9 Å². The maximum atomic E-state index is 10.9. The van der Waals surface area contributed by atoms with Crippen molar-refractivity contribution in [2.24, 2.45) is 0 Å². The van der Waals surface area contributed by atoms with Crippen LogP contribution < -0.4 is 5.32 Å². The summed E-state index contributed by atoms with van der Waals surface area (Å²) in [4.78, 5) is 55.0. The van der Waals surface area contributed by atoms with Crippen LogP contribution in [0.4, 0.5) is 0 Å². The zero-order valence-corrected chi connectivity index (χ0v) is 9.60. The third-order valence-electron chi connectivity index (χ3n) is 1.04. The van der Waals surface area contributed by atoms with Gasteiger partial charge in [-0.2, -0.15) is 19.2 Å². The topological polar surface area (TPSA) is 118 Å². The molecule has 0 aromatic heterocycles. The Morgan fingerprint density at radius 3 is 1.88 bits per heavy atom. The Bertz CT molecular complexity index is 253. The van der Waals surface area contributed by atoms with Gasteiger partial charge < -0.3 is 15.0 Å². The Balaban J connectivity index is -0.000000273. The molecule has 0 aromatic rings. The summed E-state index contributed by atoms with van der Waals surface area (Å²) in [5.74, 6) is -0.0446. The SMILES string of the molecule is CN(C)CC(=O)NCCC=O.O=C=O.O=C=O. The first kappa shape index (κ1) is 20.3. The summed E-state index contributed by atoms with van der Waals surface area (Å²) in [6.07, 6.45) is 1.68. The summed E-state index contributed by atoms with van der Waals surface area (Å²) >= 11 is 0. The van der Waals surface area contributed by atoms with E-state index >= 15 is 0 Å². The number of likely N-dealkylation sites (N-methyl/N-ethyl adjacent to an activating group) is 1. The van der Waals surface area contributed by atoms with Crippen molar-refractivity contribution in [1.29, 1.82) is 0 Å². The number of hydrogen-bond acceptors (Lipinski definition) is 7. The summed E-state index contributed by atoms with van der Waals surface area (Å²) in [6, 6.07) is 0. The van der Waals surface area contributed by atoms with Gasteiger partial charge in [0.25, 0.3) is 0 Å². The molecule has 0 saturated carbocycles. The number of aldehydes is 1.